The van der Waals surface area contributed by atoms with Crippen LogP contribution in [0.25, 0.3) is 5.57 Å². The lowest BCUT2D eigenvalue weighted by molar-refractivity contribution is -0.137. The summed E-state index contributed by atoms with van der Waals surface area (Å²) in [5.41, 5.74) is 2.78. The highest BCUT2D eigenvalue weighted by molar-refractivity contribution is 5.96. The molecule has 0 aromatic heterocycles. The van der Waals surface area contributed by atoms with Crippen molar-refractivity contribution >= 4 is 11.5 Å². The van der Waals surface area contributed by atoms with Crippen molar-refractivity contribution in [3.63, 3.8) is 0 Å². The van der Waals surface area contributed by atoms with Gasteiger partial charge in [-0.3, -0.25) is 0 Å². The zero-order valence-electron chi connectivity index (χ0n) is 15.9. The molecule has 3 nitrogen and oxygen atoms in total. The van der Waals surface area contributed by atoms with E-state index in [-0.39, 0.29) is 5.97 Å². The molecule has 3 heteroatoms. The smallest absolute Gasteiger partial charge is 0.331 e. The van der Waals surface area contributed by atoms with Crippen molar-refractivity contribution in [1.82, 2.24) is 0 Å². The predicted octanol–water partition coefficient (Wildman–Crippen LogP) is 5.50. The zero-order valence-corrected chi connectivity index (χ0v) is 15.9. The van der Waals surface area contributed by atoms with Crippen LogP contribution in [0.3, 0.4) is 0 Å². The van der Waals surface area contributed by atoms with Gasteiger partial charge in [0.1, 0.15) is 5.75 Å². The van der Waals surface area contributed by atoms with E-state index in [2.05, 4.69) is 13.8 Å². The third-order valence-electron chi connectivity index (χ3n) is 4.44. The molecule has 0 fully saturated rings. The number of benzene rings is 2. The molecule has 0 saturated carbocycles. The summed E-state index contributed by atoms with van der Waals surface area (Å²) in [7, 11) is 0. The molecule has 0 N–H and O–H groups in total. The van der Waals surface area contributed by atoms with Crippen molar-refractivity contribution in [1.29, 1.82) is 0 Å². The van der Waals surface area contributed by atoms with Gasteiger partial charge in [-0.25, -0.2) is 4.79 Å². The van der Waals surface area contributed by atoms with Gasteiger partial charge < -0.3 is 9.47 Å². The molecule has 2 rings (SSSR count). The lowest BCUT2D eigenvalue weighted by Gasteiger charge is -2.14. The predicted molar refractivity (Wildman–Crippen MR) is 106 cm³/mol. The van der Waals surface area contributed by atoms with Crippen LogP contribution in [0.5, 0.6) is 5.75 Å². The van der Waals surface area contributed by atoms with E-state index >= 15 is 0 Å². The molecule has 0 atom stereocenters. The van der Waals surface area contributed by atoms with Gasteiger partial charge in [-0.15, -0.1) is 0 Å². The zero-order chi connectivity index (χ0) is 18.8. The van der Waals surface area contributed by atoms with Crippen LogP contribution in [0.1, 0.15) is 44.7 Å². The summed E-state index contributed by atoms with van der Waals surface area (Å²) in [6.07, 6.45) is 3.79. The van der Waals surface area contributed by atoms with Crippen LogP contribution in [0.15, 0.2) is 60.7 Å². The van der Waals surface area contributed by atoms with Crippen molar-refractivity contribution in [2.24, 2.45) is 5.92 Å². The molecular formula is C23H28O3. The van der Waals surface area contributed by atoms with Crippen molar-refractivity contribution in [3.8, 4) is 5.75 Å². The molecule has 2 aromatic carbocycles. The minimum Gasteiger partial charge on any atom is -0.493 e. The van der Waals surface area contributed by atoms with Gasteiger partial charge in [0.2, 0.25) is 0 Å². The molecule has 0 bridgehead atoms. The second-order valence-corrected chi connectivity index (χ2v) is 6.19. The van der Waals surface area contributed by atoms with Crippen LogP contribution < -0.4 is 4.74 Å². The van der Waals surface area contributed by atoms with E-state index in [0.717, 1.165) is 41.9 Å². The highest BCUT2D eigenvalue weighted by Crippen LogP contribution is 2.26. The summed E-state index contributed by atoms with van der Waals surface area (Å²) in [6, 6.07) is 17.7. The van der Waals surface area contributed by atoms with Crippen molar-refractivity contribution in [2.75, 3.05) is 13.2 Å². The molecule has 0 saturated heterocycles. The summed E-state index contributed by atoms with van der Waals surface area (Å²) in [5.74, 6) is 1.10. The summed E-state index contributed by atoms with van der Waals surface area (Å²) in [5, 5.41) is 0. The Labute approximate surface area is 156 Å². The summed E-state index contributed by atoms with van der Waals surface area (Å²) >= 11 is 0. The second-order valence-electron chi connectivity index (χ2n) is 6.19. The van der Waals surface area contributed by atoms with E-state index in [9.17, 15) is 4.79 Å². The van der Waals surface area contributed by atoms with E-state index in [1.165, 1.54) is 0 Å². The third-order valence-corrected chi connectivity index (χ3v) is 4.44. The van der Waals surface area contributed by atoms with Gasteiger partial charge in [0, 0.05) is 6.08 Å². The maximum atomic E-state index is 12.0. The molecule has 0 aliphatic rings. The van der Waals surface area contributed by atoms with E-state index < -0.39 is 0 Å². The minimum absolute atomic E-state index is 0.333. The summed E-state index contributed by atoms with van der Waals surface area (Å²) < 4.78 is 11.0. The van der Waals surface area contributed by atoms with E-state index in [4.69, 9.17) is 9.47 Å². The van der Waals surface area contributed by atoms with Crippen LogP contribution in [0.4, 0.5) is 0 Å². The number of carbonyl (C=O) groups is 1. The summed E-state index contributed by atoms with van der Waals surface area (Å²) in [6.45, 7) is 7.27. The van der Waals surface area contributed by atoms with E-state index in [1.54, 1.807) is 13.0 Å². The molecule has 0 unspecified atom stereocenters. The molecule has 2 aromatic rings. The van der Waals surface area contributed by atoms with Gasteiger partial charge in [0.15, 0.2) is 0 Å². The topological polar surface area (TPSA) is 35.5 Å². The molecule has 0 heterocycles. The third kappa shape index (κ3) is 5.76. The Bertz CT molecular complexity index is 698. The number of hydrogen-bond donors (Lipinski definition) is 0. The van der Waals surface area contributed by atoms with Crippen molar-refractivity contribution in [3.05, 3.63) is 71.8 Å². The lowest BCUT2D eigenvalue weighted by atomic mass is 9.97. The Morgan fingerprint density at radius 1 is 0.923 bits per heavy atom. The SMILES string of the molecule is CCOC(=O)C=C(c1ccccc1)c1ccc(OCC(CC)CC)cc1. The molecule has 0 radical (unpaired) electrons. The first-order valence-corrected chi connectivity index (χ1v) is 9.35. The average molecular weight is 352 g/mol. The lowest BCUT2D eigenvalue weighted by Crippen LogP contribution is -2.10. The van der Waals surface area contributed by atoms with Gasteiger partial charge in [-0.1, -0.05) is 69.2 Å². The first-order chi connectivity index (χ1) is 12.7. The monoisotopic (exact) mass is 352 g/mol. The highest BCUT2D eigenvalue weighted by Gasteiger charge is 2.09. The van der Waals surface area contributed by atoms with Crippen LogP contribution in [0, 0.1) is 5.92 Å². The normalized spacial score (nSPS) is 11.5. The first-order valence-electron chi connectivity index (χ1n) is 9.35. The summed E-state index contributed by atoms with van der Waals surface area (Å²) in [4.78, 5) is 12.0. The van der Waals surface area contributed by atoms with Gasteiger partial charge in [0.25, 0.3) is 0 Å². The second kappa shape index (κ2) is 10.4. The first kappa shape index (κ1) is 19.8. The Kier molecular flexibility index (Phi) is 7.94. The fourth-order valence-corrected chi connectivity index (χ4v) is 2.72. The Hall–Kier alpha value is -2.55. The molecule has 138 valence electrons. The van der Waals surface area contributed by atoms with Crippen LogP contribution in [0.2, 0.25) is 0 Å². The van der Waals surface area contributed by atoms with E-state index in [1.807, 2.05) is 54.6 Å². The standard InChI is InChI=1S/C23H28O3/c1-4-18(5-2)17-26-21-14-12-20(13-15-21)22(16-23(24)25-6-3)19-10-8-7-9-11-19/h7-16,18H,4-6,17H2,1-3H3. The number of carbonyl (C=O) groups excluding carboxylic acids is 1. The molecule has 0 aliphatic heterocycles. The van der Waals surface area contributed by atoms with Gasteiger partial charge in [-0.05, 0) is 41.7 Å². The molecule has 0 aliphatic carbocycles. The maximum Gasteiger partial charge on any atom is 0.331 e. The Morgan fingerprint density at radius 3 is 2.12 bits per heavy atom. The van der Waals surface area contributed by atoms with Gasteiger partial charge in [-0.2, -0.15) is 0 Å². The van der Waals surface area contributed by atoms with Gasteiger partial charge >= 0.3 is 5.97 Å². The Balaban J connectivity index is 2.21. The van der Waals surface area contributed by atoms with Crippen LogP contribution in [-0.2, 0) is 9.53 Å². The van der Waals surface area contributed by atoms with Crippen molar-refractivity contribution < 1.29 is 14.3 Å². The van der Waals surface area contributed by atoms with Crippen LogP contribution >= 0.6 is 0 Å². The molecule has 0 amide bonds. The van der Waals surface area contributed by atoms with E-state index in [0.29, 0.717) is 12.5 Å². The fraction of sp³-hybridized carbons (Fsp3) is 0.348. The average Bonchev–Trinajstić information content (AvgIpc) is 2.68. The van der Waals surface area contributed by atoms with Gasteiger partial charge in [0.05, 0.1) is 13.2 Å². The maximum absolute atomic E-state index is 12.0. The molecular weight excluding hydrogens is 324 g/mol. The number of rotatable bonds is 9. The number of hydrogen-bond acceptors (Lipinski definition) is 3. The quantitative estimate of drug-likeness (QED) is 0.442. The number of ether oxygens (including phenoxy) is 2. The molecule has 0 spiro atoms. The largest absolute Gasteiger partial charge is 0.493 e. The molecule has 26 heavy (non-hydrogen) atoms. The minimum atomic E-state index is -0.333. The highest BCUT2D eigenvalue weighted by atomic mass is 16.5. The fourth-order valence-electron chi connectivity index (χ4n) is 2.72. The number of esters is 1. The Morgan fingerprint density at radius 2 is 1.54 bits per heavy atom. The van der Waals surface area contributed by atoms with Crippen molar-refractivity contribution in [2.45, 2.75) is 33.6 Å². The van der Waals surface area contributed by atoms with Crippen LogP contribution in [-0.4, -0.2) is 19.2 Å².